The number of hydrogen-bond donors (Lipinski definition) is 1. The minimum atomic E-state index is -4.15. The molecule has 8 nitrogen and oxygen atoms in total. The zero-order valence-electron chi connectivity index (χ0n) is 25.0. The summed E-state index contributed by atoms with van der Waals surface area (Å²) >= 11 is 3.36. The van der Waals surface area contributed by atoms with E-state index in [1.807, 2.05) is 38.1 Å². The van der Waals surface area contributed by atoms with Crippen LogP contribution in [0.25, 0.3) is 0 Å². The van der Waals surface area contributed by atoms with Gasteiger partial charge in [-0.25, -0.2) is 8.42 Å². The lowest BCUT2D eigenvalue weighted by Crippen LogP contribution is -2.53. The summed E-state index contributed by atoms with van der Waals surface area (Å²) in [6.07, 6.45) is 5.13. The fraction of sp³-hybridized carbons (Fsp3) is 0.394. The van der Waals surface area contributed by atoms with Crippen molar-refractivity contribution < 1.29 is 22.7 Å². The molecule has 1 atom stereocenters. The molecule has 0 heterocycles. The molecule has 43 heavy (non-hydrogen) atoms. The molecule has 1 aliphatic rings. The Labute approximate surface area is 263 Å². The van der Waals surface area contributed by atoms with Crippen molar-refractivity contribution in [1.82, 2.24) is 10.2 Å². The minimum absolute atomic E-state index is 0.0470. The lowest BCUT2D eigenvalue weighted by Gasteiger charge is -2.33. The van der Waals surface area contributed by atoms with Crippen LogP contribution in [0.1, 0.15) is 57.1 Å². The van der Waals surface area contributed by atoms with E-state index >= 15 is 0 Å². The standard InChI is InChI=1S/C33H40BrN3O5S/c1-4-42-30-17-15-29(16-18-30)37(43(40,41)31-19-13-27(34)14-20-31)23-32(38)36(22-26-10-8-9-24(2)21-26)25(3)33(39)35-28-11-6-5-7-12-28/h8-10,13-21,25,28H,4-7,11-12,22-23H2,1-3H3,(H,35,39). The van der Waals surface area contributed by atoms with E-state index in [-0.39, 0.29) is 23.4 Å². The van der Waals surface area contributed by atoms with Crippen LogP contribution in [-0.2, 0) is 26.2 Å². The molecule has 1 N–H and O–H groups in total. The van der Waals surface area contributed by atoms with Crippen LogP contribution >= 0.6 is 15.9 Å². The zero-order valence-corrected chi connectivity index (χ0v) is 27.4. The van der Waals surface area contributed by atoms with Crippen LogP contribution in [0.3, 0.4) is 0 Å². The average molecular weight is 671 g/mol. The van der Waals surface area contributed by atoms with E-state index in [0.717, 1.165) is 52.0 Å². The van der Waals surface area contributed by atoms with Crippen LogP contribution in [0.4, 0.5) is 5.69 Å². The predicted molar refractivity (Wildman–Crippen MR) is 172 cm³/mol. The highest BCUT2D eigenvalue weighted by Crippen LogP contribution is 2.28. The van der Waals surface area contributed by atoms with Crippen LogP contribution in [0.5, 0.6) is 5.75 Å². The van der Waals surface area contributed by atoms with Crippen LogP contribution < -0.4 is 14.4 Å². The Hall–Kier alpha value is -3.37. The van der Waals surface area contributed by atoms with Gasteiger partial charge in [0, 0.05) is 17.1 Å². The number of nitrogens with zero attached hydrogens (tertiary/aromatic N) is 2. The van der Waals surface area contributed by atoms with Gasteiger partial charge in [-0.2, -0.15) is 0 Å². The molecule has 10 heteroatoms. The highest BCUT2D eigenvalue weighted by Gasteiger charge is 2.33. The number of anilines is 1. The van der Waals surface area contributed by atoms with Gasteiger partial charge in [0.2, 0.25) is 11.8 Å². The summed E-state index contributed by atoms with van der Waals surface area (Å²) in [5.74, 6) is -0.133. The maximum absolute atomic E-state index is 14.2. The molecule has 0 aliphatic heterocycles. The van der Waals surface area contributed by atoms with E-state index in [2.05, 4.69) is 21.2 Å². The lowest BCUT2D eigenvalue weighted by atomic mass is 9.95. The fourth-order valence-electron chi connectivity index (χ4n) is 5.30. The highest BCUT2D eigenvalue weighted by atomic mass is 79.9. The van der Waals surface area contributed by atoms with Crippen LogP contribution in [0.15, 0.2) is 82.2 Å². The second-order valence-electron chi connectivity index (χ2n) is 10.9. The van der Waals surface area contributed by atoms with Gasteiger partial charge in [-0.3, -0.25) is 13.9 Å². The smallest absolute Gasteiger partial charge is 0.264 e. The molecule has 0 saturated heterocycles. The van der Waals surface area contributed by atoms with Crippen molar-refractivity contribution in [3.05, 3.63) is 88.4 Å². The quantitative estimate of drug-likeness (QED) is 0.247. The zero-order chi connectivity index (χ0) is 31.0. The van der Waals surface area contributed by atoms with Crippen molar-refractivity contribution in [2.24, 2.45) is 0 Å². The van der Waals surface area contributed by atoms with Crippen molar-refractivity contribution in [3.8, 4) is 5.75 Å². The number of rotatable bonds is 12. The molecule has 230 valence electrons. The van der Waals surface area contributed by atoms with E-state index in [4.69, 9.17) is 4.74 Å². The number of nitrogens with one attached hydrogen (secondary N) is 1. The summed E-state index contributed by atoms with van der Waals surface area (Å²) in [5, 5.41) is 3.13. The first-order valence-electron chi connectivity index (χ1n) is 14.7. The number of benzene rings is 3. The Morgan fingerprint density at radius 1 is 1.00 bits per heavy atom. The largest absolute Gasteiger partial charge is 0.494 e. The molecule has 4 rings (SSSR count). The van der Waals surface area contributed by atoms with Gasteiger partial charge in [-0.15, -0.1) is 0 Å². The molecule has 3 aromatic rings. The number of sulfonamides is 1. The van der Waals surface area contributed by atoms with E-state index in [0.29, 0.717) is 18.0 Å². The third-order valence-electron chi connectivity index (χ3n) is 7.67. The van der Waals surface area contributed by atoms with E-state index < -0.39 is 28.5 Å². The van der Waals surface area contributed by atoms with E-state index in [9.17, 15) is 18.0 Å². The van der Waals surface area contributed by atoms with Gasteiger partial charge in [0.25, 0.3) is 10.0 Å². The van der Waals surface area contributed by atoms with Crippen LogP contribution in [0.2, 0.25) is 0 Å². The maximum Gasteiger partial charge on any atom is 0.264 e. The van der Waals surface area contributed by atoms with E-state index in [1.54, 1.807) is 43.3 Å². The second kappa shape index (κ2) is 14.9. The molecule has 2 amide bonds. The third-order valence-corrected chi connectivity index (χ3v) is 9.99. The number of hydrogen-bond acceptors (Lipinski definition) is 5. The second-order valence-corrected chi connectivity index (χ2v) is 13.7. The summed E-state index contributed by atoms with van der Waals surface area (Å²) < 4.78 is 35.4. The summed E-state index contributed by atoms with van der Waals surface area (Å²) in [4.78, 5) is 29.2. The molecule has 1 saturated carbocycles. The number of aryl methyl sites for hydroxylation is 1. The van der Waals surface area contributed by atoms with Crippen molar-refractivity contribution >= 4 is 43.5 Å². The van der Waals surface area contributed by atoms with Gasteiger partial charge in [0.1, 0.15) is 18.3 Å². The van der Waals surface area contributed by atoms with Crippen molar-refractivity contribution in [2.45, 2.75) is 76.4 Å². The Morgan fingerprint density at radius 3 is 2.30 bits per heavy atom. The summed E-state index contributed by atoms with van der Waals surface area (Å²) in [7, 11) is -4.15. The Morgan fingerprint density at radius 2 is 1.67 bits per heavy atom. The first-order chi connectivity index (χ1) is 20.6. The topological polar surface area (TPSA) is 96.0 Å². The van der Waals surface area contributed by atoms with Gasteiger partial charge in [-0.1, -0.05) is 65.0 Å². The SMILES string of the molecule is CCOc1ccc(N(CC(=O)N(Cc2cccc(C)c2)C(C)C(=O)NC2CCCCC2)S(=O)(=O)c2ccc(Br)cc2)cc1. The number of carbonyl (C=O) groups is 2. The number of halogens is 1. The number of amides is 2. The van der Waals surface area contributed by atoms with Gasteiger partial charge in [-0.05, 0) is 87.7 Å². The summed E-state index contributed by atoms with van der Waals surface area (Å²) in [6.45, 7) is 5.68. The monoisotopic (exact) mass is 669 g/mol. The Bertz CT molecular complexity index is 1490. The first kappa shape index (κ1) is 32.5. The van der Waals surface area contributed by atoms with Crippen molar-refractivity contribution in [3.63, 3.8) is 0 Å². The normalized spacial score (nSPS) is 14.5. The van der Waals surface area contributed by atoms with Gasteiger partial charge in [0.15, 0.2) is 0 Å². The molecule has 0 radical (unpaired) electrons. The average Bonchev–Trinajstić information content (AvgIpc) is 2.99. The fourth-order valence-corrected chi connectivity index (χ4v) is 6.97. The van der Waals surface area contributed by atoms with Gasteiger partial charge >= 0.3 is 0 Å². The highest BCUT2D eigenvalue weighted by molar-refractivity contribution is 9.10. The number of ether oxygens (including phenoxy) is 1. The first-order valence-corrected chi connectivity index (χ1v) is 17.0. The van der Waals surface area contributed by atoms with Gasteiger partial charge in [0.05, 0.1) is 17.2 Å². The Balaban J connectivity index is 1.68. The predicted octanol–water partition coefficient (Wildman–Crippen LogP) is 6.22. The molecule has 3 aromatic carbocycles. The lowest BCUT2D eigenvalue weighted by molar-refractivity contribution is -0.139. The number of carbonyl (C=O) groups excluding carboxylic acids is 2. The molecule has 1 fully saturated rings. The van der Waals surface area contributed by atoms with Crippen molar-refractivity contribution in [2.75, 3.05) is 17.5 Å². The van der Waals surface area contributed by atoms with Crippen LogP contribution in [-0.4, -0.2) is 50.4 Å². The Kier molecular flexibility index (Phi) is 11.3. The molecule has 1 aliphatic carbocycles. The molecular formula is C33H40BrN3O5S. The molecule has 0 aromatic heterocycles. The third kappa shape index (κ3) is 8.60. The van der Waals surface area contributed by atoms with Crippen LogP contribution in [0, 0.1) is 6.92 Å². The molecule has 0 spiro atoms. The van der Waals surface area contributed by atoms with Crippen molar-refractivity contribution in [1.29, 1.82) is 0 Å². The molecular weight excluding hydrogens is 630 g/mol. The summed E-state index contributed by atoms with van der Waals surface area (Å²) in [6, 6.07) is 19.9. The minimum Gasteiger partial charge on any atom is -0.494 e. The summed E-state index contributed by atoms with van der Waals surface area (Å²) in [5.41, 5.74) is 2.20. The molecule has 1 unspecified atom stereocenters. The molecule has 0 bridgehead atoms. The van der Waals surface area contributed by atoms with E-state index in [1.165, 1.54) is 17.0 Å². The van der Waals surface area contributed by atoms with Gasteiger partial charge < -0.3 is 15.0 Å². The maximum atomic E-state index is 14.2.